The van der Waals surface area contributed by atoms with Gasteiger partial charge < -0.3 is 9.47 Å². The van der Waals surface area contributed by atoms with E-state index in [1.54, 1.807) is 0 Å². The van der Waals surface area contributed by atoms with Gasteiger partial charge in [0.05, 0.1) is 5.92 Å². The van der Waals surface area contributed by atoms with E-state index in [0.29, 0.717) is 11.3 Å². The molecule has 1 saturated heterocycles. The van der Waals surface area contributed by atoms with Gasteiger partial charge in [0.1, 0.15) is 0 Å². The van der Waals surface area contributed by atoms with E-state index in [2.05, 4.69) is 20.8 Å². The lowest BCUT2D eigenvalue weighted by molar-refractivity contribution is -0.212. The Balaban J connectivity index is 1.74. The standard InChI is InChI=1S/C22H32O5/c1-12-16-15(22(5)10-6-9-21(3,4)11-22)8-7-14-17(16)20(26-18(12)24)27-19(14)25-13(2)23/h12,14-15,19-20H,6-11H2,1-5H3/t12-,14-,15+,19-,20-,22+/m0/s1. The summed E-state index contributed by atoms with van der Waals surface area (Å²) >= 11 is 0. The van der Waals surface area contributed by atoms with Gasteiger partial charge in [-0.2, -0.15) is 0 Å². The Hall–Kier alpha value is -1.36. The van der Waals surface area contributed by atoms with Crippen LogP contribution in [0.4, 0.5) is 0 Å². The molecule has 1 saturated carbocycles. The second-order valence-electron chi connectivity index (χ2n) is 10.1. The SMILES string of the molecule is CC(=O)O[C@H]1O[C@@H]2OC(=O)[C@@H](C)C3=C2[C@@H]1CC[C@H]3[C@]1(C)CCCC(C)(C)C1. The molecule has 150 valence electrons. The number of esters is 2. The maximum absolute atomic E-state index is 12.6. The molecule has 4 aliphatic rings. The quantitative estimate of drug-likeness (QED) is 0.529. The molecule has 4 rings (SSSR count). The highest BCUT2D eigenvalue weighted by Gasteiger charge is 2.56. The third-order valence-corrected chi connectivity index (χ3v) is 7.37. The van der Waals surface area contributed by atoms with Crippen molar-refractivity contribution in [2.24, 2.45) is 28.6 Å². The van der Waals surface area contributed by atoms with Crippen molar-refractivity contribution in [1.29, 1.82) is 0 Å². The van der Waals surface area contributed by atoms with Crippen LogP contribution in [0.3, 0.4) is 0 Å². The first kappa shape index (κ1) is 19.0. The van der Waals surface area contributed by atoms with Crippen LogP contribution in [0, 0.1) is 28.6 Å². The maximum atomic E-state index is 12.6. The van der Waals surface area contributed by atoms with Gasteiger partial charge in [0.2, 0.25) is 12.6 Å². The minimum atomic E-state index is -0.680. The molecule has 5 nitrogen and oxygen atoms in total. The van der Waals surface area contributed by atoms with Crippen LogP contribution >= 0.6 is 0 Å². The molecule has 0 aromatic rings. The fraction of sp³-hybridized carbons (Fsp3) is 0.818. The predicted octanol–water partition coefficient (Wildman–Crippen LogP) is 4.35. The van der Waals surface area contributed by atoms with Gasteiger partial charge in [-0.1, -0.05) is 27.2 Å². The highest BCUT2D eigenvalue weighted by molar-refractivity contribution is 5.78. The molecule has 2 aliphatic heterocycles. The monoisotopic (exact) mass is 376 g/mol. The summed E-state index contributed by atoms with van der Waals surface area (Å²) < 4.78 is 16.9. The Morgan fingerprint density at radius 1 is 1.15 bits per heavy atom. The molecule has 2 heterocycles. The second-order valence-corrected chi connectivity index (χ2v) is 10.1. The normalized spacial score (nSPS) is 43.1. The first-order chi connectivity index (χ1) is 12.6. The summed E-state index contributed by atoms with van der Waals surface area (Å²) in [5, 5.41) is 0. The Morgan fingerprint density at radius 3 is 2.56 bits per heavy atom. The van der Waals surface area contributed by atoms with Crippen LogP contribution < -0.4 is 0 Å². The van der Waals surface area contributed by atoms with Gasteiger partial charge in [-0.3, -0.25) is 14.3 Å². The zero-order chi connectivity index (χ0) is 19.6. The molecule has 0 spiro atoms. The van der Waals surface area contributed by atoms with Gasteiger partial charge in [0, 0.05) is 18.4 Å². The maximum Gasteiger partial charge on any atom is 0.315 e. The lowest BCUT2D eigenvalue weighted by Crippen LogP contribution is -2.45. The third-order valence-electron chi connectivity index (χ3n) is 7.37. The summed E-state index contributed by atoms with van der Waals surface area (Å²) in [5.74, 6) is -0.435. The Kier molecular flexibility index (Phi) is 4.45. The number of hydrogen-bond acceptors (Lipinski definition) is 5. The van der Waals surface area contributed by atoms with Crippen LogP contribution in [0.5, 0.6) is 0 Å². The molecule has 0 bridgehead atoms. The van der Waals surface area contributed by atoms with Crippen molar-refractivity contribution in [2.75, 3.05) is 0 Å². The molecule has 6 atom stereocenters. The molecule has 27 heavy (non-hydrogen) atoms. The highest BCUT2D eigenvalue weighted by Crippen LogP contribution is 2.59. The molecule has 2 fully saturated rings. The van der Waals surface area contributed by atoms with Crippen LogP contribution in [0.2, 0.25) is 0 Å². The molecule has 0 aromatic carbocycles. The summed E-state index contributed by atoms with van der Waals surface area (Å²) in [4.78, 5) is 24.1. The Bertz CT molecular complexity index is 693. The van der Waals surface area contributed by atoms with E-state index in [-0.39, 0.29) is 29.2 Å². The van der Waals surface area contributed by atoms with E-state index in [1.807, 2.05) is 6.92 Å². The first-order valence-electron chi connectivity index (χ1n) is 10.4. The van der Waals surface area contributed by atoms with Crippen LogP contribution in [0.1, 0.15) is 73.1 Å². The smallest absolute Gasteiger partial charge is 0.315 e. The van der Waals surface area contributed by atoms with Crippen LogP contribution in [0.25, 0.3) is 0 Å². The van der Waals surface area contributed by atoms with E-state index in [1.165, 1.54) is 38.2 Å². The molecule has 5 heteroatoms. The van der Waals surface area contributed by atoms with Crippen molar-refractivity contribution in [3.05, 3.63) is 11.1 Å². The van der Waals surface area contributed by atoms with Crippen molar-refractivity contribution in [3.8, 4) is 0 Å². The third kappa shape index (κ3) is 3.12. The van der Waals surface area contributed by atoms with Crippen LogP contribution in [-0.4, -0.2) is 24.5 Å². The van der Waals surface area contributed by atoms with Gasteiger partial charge in [-0.15, -0.1) is 0 Å². The predicted molar refractivity (Wildman–Crippen MR) is 99.3 cm³/mol. The highest BCUT2D eigenvalue weighted by atomic mass is 16.8. The van der Waals surface area contributed by atoms with E-state index in [4.69, 9.17) is 14.2 Å². The Labute approximate surface area is 161 Å². The summed E-state index contributed by atoms with van der Waals surface area (Å²) in [6.07, 6.45) is 5.49. The van der Waals surface area contributed by atoms with Gasteiger partial charge in [0.15, 0.2) is 0 Å². The van der Waals surface area contributed by atoms with Crippen molar-refractivity contribution < 1.29 is 23.8 Å². The van der Waals surface area contributed by atoms with Gasteiger partial charge in [-0.05, 0) is 61.3 Å². The first-order valence-corrected chi connectivity index (χ1v) is 10.4. The minimum absolute atomic E-state index is 0.0147. The summed E-state index contributed by atoms with van der Waals surface area (Å²) in [6, 6.07) is 0. The fourth-order valence-corrected chi connectivity index (χ4v) is 6.47. The second kappa shape index (κ2) is 6.33. The molecular formula is C22H32O5. The minimum Gasteiger partial charge on any atom is -0.435 e. The largest absolute Gasteiger partial charge is 0.435 e. The number of ether oxygens (including phenoxy) is 3. The molecule has 0 aromatic heterocycles. The van der Waals surface area contributed by atoms with E-state index in [9.17, 15) is 9.59 Å². The zero-order valence-corrected chi connectivity index (χ0v) is 17.2. The molecule has 0 unspecified atom stereocenters. The van der Waals surface area contributed by atoms with Gasteiger partial charge in [0.25, 0.3) is 0 Å². The summed E-state index contributed by atoms with van der Waals surface area (Å²) in [7, 11) is 0. The zero-order valence-electron chi connectivity index (χ0n) is 17.2. The number of carbonyl (C=O) groups is 2. The van der Waals surface area contributed by atoms with Crippen LogP contribution in [-0.2, 0) is 23.8 Å². The topological polar surface area (TPSA) is 61.8 Å². The lowest BCUT2D eigenvalue weighted by Gasteiger charge is -2.51. The fourth-order valence-electron chi connectivity index (χ4n) is 6.47. The number of hydrogen-bond donors (Lipinski definition) is 0. The number of carbonyl (C=O) groups excluding carboxylic acids is 2. The van der Waals surface area contributed by atoms with Gasteiger partial charge >= 0.3 is 11.9 Å². The van der Waals surface area contributed by atoms with E-state index in [0.717, 1.165) is 18.4 Å². The molecular weight excluding hydrogens is 344 g/mol. The average molecular weight is 376 g/mol. The summed E-state index contributed by atoms with van der Waals surface area (Å²) in [6.45, 7) is 10.5. The van der Waals surface area contributed by atoms with E-state index >= 15 is 0 Å². The Morgan fingerprint density at radius 2 is 1.89 bits per heavy atom. The molecule has 0 amide bonds. The van der Waals surface area contributed by atoms with Crippen molar-refractivity contribution in [1.82, 2.24) is 0 Å². The van der Waals surface area contributed by atoms with Gasteiger partial charge in [-0.25, -0.2) is 0 Å². The van der Waals surface area contributed by atoms with Crippen LogP contribution in [0.15, 0.2) is 11.1 Å². The molecule has 0 N–H and O–H groups in total. The van der Waals surface area contributed by atoms with E-state index < -0.39 is 12.6 Å². The molecule has 2 aliphatic carbocycles. The lowest BCUT2D eigenvalue weighted by atomic mass is 9.54. The van der Waals surface area contributed by atoms with Crippen molar-refractivity contribution >= 4 is 11.9 Å². The summed E-state index contributed by atoms with van der Waals surface area (Å²) in [5.41, 5.74) is 2.83. The average Bonchev–Trinajstić information content (AvgIpc) is 2.88. The number of rotatable bonds is 2. The van der Waals surface area contributed by atoms with Crippen molar-refractivity contribution in [3.63, 3.8) is 0 Å². The van der Waals surface area contributed by atoms with Crippen molar-refractivity contribution in [2.45, 2.75) is 85.7 Å². The molecule has 0 radical (unpaired) electrons.